The fourth-order valence-electron chi connectivity index (χ4n) is 2.80. The minimum Gasteiger partial charge on any atom is -0.345 e. The first-order valence-electron chi connectivity index (χ1n) is 8.79. The summed E-state index contributed by atoms with van der Waals surface area (Å²) in [6, 6.07) is 17.5. The highest BCUT2D eigenvalue weighted by molar-refractivity contribution is 6.33. The smallest absolute Gasteiger partial charge is 0.253 e. The van der Waals surface area contributed by atoms with Crippen molar-refractivity contribution in [3.05, 3.63) is 101 Å². The molecule has 29 heavy (non-hydrogen) atoms. The molecule has 0 aliphatic heterocycles. The van der Waals surface area contributed by atoms with Crippen LogP contribution in [0.3, 0.4) is 0 Å². The summed E-state index contributed by atoms with van der Waals surface area (Å²) in [4.78, 5) is 25.1. The number of rotatable bonds is 6. The fourth-order valence-corrected chi connectivity index (χ4v) is 3.02. The number of anilines is 1. The van der Waals surface area contributed by atoms with Crippen LogP contribution in [0.5, 0.6) is 0 Å². The summed E-state index contributed by atoms with van der Waals surface area (Å²) in [5.41, 5.74) is 0.689. The van der Waals surface area contributed by atoms with Gasteiger partial charge in [0.2, 0.25) is 5.91 Å². The van der Waals surface area contributed by atoms with Crippen molar-refractivity contribution in [3.8, 4) is 0 Å². The van der Waals surface area contributed by atoms with Crippen LogP contribution >= 0.6 is 11.6 Å². The fraction of sp³-hybridized carbons (Fsp3) is 0.0909. The molecule has 0 saturated carbocycles. The lowest BCUT2D eigenvalue weighted by atomic mass is 10.0. The Morgan fingerprint density at radius 3 is 2.34 bits per heavy atom. The van der Waals surface area contributed by atoms with Crippen LogP contribution in [0.2, 0.25) is 5.02 Å². The first-order valence-corrected chi connectivity index (χ1v) is 9.17. The van der Waals surface area contributed by atoms with Gasteiger partial charge in [-0.3, -0.25) is 9.59 Å². The van der Waals surface area contributed by atoms with Crippen molar-refractivity contribution in [1.29, 1.82) is 0 Å². The molecule has 0 radical (unpaired) electrons. The minimum atomic E-state index is -0.754. The second-order valence-corrected chi connectivity index (χ2v) is 6.70. The molecule has 0 unspecified atom stereocenters. The van der Waals surface area contributed by atoms with Gasteiger partial charge in [0.25, 0.3) is 5.91 Å². The number of benzene rings is 3. The summed E-state index contributed by atoms with van der Waals surface area (Å²) in [7, 11) is 0. The molecule has 4 nitrogen and oxygen atoms in total. The van der Waals surface area contributed by atoms with Gasteiger partial charge in [-0.2, -0.15) is 0 Å². The van der Waals surface area contributed by atoms with Gasteiger partial charge < -0.3 is 10.6 Å². The molecule has 0 aromatic heterocycles. The largest absolute Gasteiger partial charge is 0.345 e. The third-order valence-corrected chi connectivity index (χ3v) is 4.55. The van der Waals surface area contributed by atoms with E-state index in [9.17, 15) is 18.4 Å². The molecule has 3 rings (SSSR count). The van der Waals surface area contributed by atoms with Gasteiger partial charge in [0.1, 0.15) is 11.6 Å². The predicted octanol–water partition coefficient (Wildman–Crippen LogP) is 5.12. The summed E-state index contributed by atoms with van der Waals surface area (Å²) in [5, 5.41) is 5.41. The van der Waals surface area contributed by atoms with E-state index in [1.807, 2.05) is 0 Å². The zero-order valence-electron chi connectivity index (χ0n) is 15.2. The Bertz CT molecular complexity index is 1030. The molecule has 7 heteroatoms. The van der Waals surface area contributed by atoms with Crippen LogP contribution in [0.15, 0.2) is 72.8 Å². The van der Waals surface area contributed by atoms with Gasteiger partial charge in [0.15, 0.2) is 0 Å². The summed E-state index contributed by atoms with van der Waals surface area (Å²) in [6.45, 7) is 0. The van der Waals surface area contributed by atoms with Gasteiger partial charge in [-0.05, 0) is 29.8 Å². The maximum Gasteiger partial charge on any atom is 0.253 e. The molecule has 3 aromatic carbocycles. The lowest BCUT2D eigenvalue weighted by Crippen LogP contribution is -2.31. The van der Waals surface area contributed by atoms with Crippen LogP contribution in [0.25, 0.3) is 0 Å². The van der Waals surface area contributed by atoms with Crippen molar-refractivity contribution in [1.82, 2.24) is 5.32 Å². The van der Waals surface area contributed by atoms with Crippen molar-refractivity contribution >= 4 is 29.1 Å². The molecule has 0 fully saturated rings. The number of halogens is 3. The molecule has 0 bridgehead atoms. The van der Waals surface area contributed by atoms with Crippen molar-refractivity contribution < 1.29 is 18.4 Å². The number of nitrogens with one attached hydrogen (secondary N) is 2. The minimum absolute atomic E-state index is 0.184. The lowest BCUT2D eigenvalue weighted by molar-refractivity contribution is -0.116. The Morgan fingerprint density at radius 1 is 0.931 bits per heavy atom. The van der Waals surface area contributed by atoms with E-state index >= 15 is 0 Å². The third-order valence-electron chi connectivity index (χ3n) is 4.22. The first kappa shape index (κ1) is 20.5. The molecular formula is C22H17ClF2N2O2. The Labute approximate surface area is 171 Å². The summed E-state index contributed by atoms with van der Waals surface area (Å²) in [6.07, 6.45) is -0.184. The average Bonchev–Trinajstić information content (AvgIpc) is 2.71. The van der Waals surface area contributed by atoms with Gasteiger partial charge >= 0.3 is 0 Å². The van der Waals surface area contributed by atoms with E-state index < -0.39 is 29.5 Å². The maximum atomic E-state index is 13.8. The molecule has 2 N–H and O–H groups in total. The van der Waals surface area contributed by atoms with Crippen molar-refractivity contribution in [3.63, 3.8) is 0 Å². The Balaban J connectivity index is 1.79. The van der Waals surface area contributed by atoms with Crippen LogP contribution in [0, 0.1) is 11.6 Å². The van der Waals surface area contributed by atoms with Crippen LogP contribution in [-0.4, -0.2) is 11.8 Å². The Morgan fingerprint density at radius 2 is 1.62 bits per heavy atom. The Hall–Kier alpha value is -3.25. The molecule has 1 atom stereocenters. The highest BCUT2D eigenvalue weighted by atomic mass is 35.5. The van der Waals surface area contributed by atoms with Crippen molar-refractivity contribution in [2.24, 2.45) is 0 Å². The van der Waals surface area contributed by atoms with Crippen LogP contribution in [-0.2, 0) is 4.79 Å². The highest BCUT2D eigenvalue weighted by Gasteiger charge is 2.21. The number of hydrogen-bond acceptors (Lipinski definition) is 2. The SMILES string of the molecule is O=C(C[C@@H](NC(=O)c1ccccc1Cl)c1ccccc1)Nc1cc(F)ccc1F. The van der Waals surface area contributed by atoms with Gasteiger partial charge in [-0.1, -0.05) is 54.1 Å². The molecule has 0 heterocycles. The predicted molar refractivity (Wildman–Crippen MR) is 108 cm³/mol. The van der Waals surface area contributed by atoms with E-state index in [1.54, 1.807) is 54.6 Å². The van der Waals surface area contributed by atoms with Gasteiger partial charge in [-0.25, -0.2) is 8.78 Å². The second kappa shape index (κ2) is 9.30. The second-order valence-electron chi connectivity index (χ2n) is 6.29. The lowest BCUT2D eigenvalue weighted by Gasteiger charge is -2.19. The normalized spacial score (nSPS) is 11.6. The van der Waals surface area contributed by atoms with E-state index in [-0.39, 0.29) is 22.7 Å². The third kappa shape index (κ3) is 5.39. The van der Waals surface area contributed by atoms with Gasteiger partial charge in [0.05, 0.1) is 28.7 Å². The van der Waals surface area contributed by atoms with Gasteiger partial charge in [-0.15, -0.1) is 0 Å². The molecule has 3 aromatic rings. The van der Waals surface area contributed by atoms with E-state index in [0.717, 1.165) is 18.2 Å². The van der Waals surface area contributed by atoms with E-state index in [2.05, 4.69) is 10.6 Å². The van der Waals surface area contributed by atoms with Crippen molar-refractivity contribution in [2.75, 3.05) is 5.32 Å². The maximum absolute atomic E-state index is 13.8. The number of hydrogen-bond donors (Lipinski definition) is 2. The molecule has 0 spiro atoms. The molecule has 0 aliphatic carbocycles. The van der Waals surface area contributed by atoms with Crippen molar-refractivity contribution in [2.45, 2.75) is 12.5 Å². The number of carbonyl (C=O) groups is 2. The first-order chi connectivity index (χ1) is 13.9. The molecule has 148 valence electrons. The topological polar surface area (TPSA) is 58.2 Å². The monoisotopic (exact) mass is 414 g/mol. The highest BCUT2D eigenvalue weighted by Crippen LogP contribution is 2.22. The Kier molecular flexibility index (Phi) is 6.57. The molecule has 2 amide bonds. The standard InChI is InChI=1S/C22H17ClF2N2O2/c23-17-9-5-4-8-16(17)22(29)27-19(14-6-2-1-3-7-14)13-21(28)26-20-12-15(24)10-11-18(20)25/h1-12,19H,13H2,(H,26,28)(H,27,29)/t19-/m1/s1. The van der Waals surface area contributed by atoms with Crippen LogP contribution in [0.4, 0.5) is 14.5 Å². The summed E-state index contributed by atoms with van der Waals surface area (Å²) >= 11 is 6.08. The number of carbonyl (C=O) groups excluding carboxylic acids is 2. The van der Waals surface area contributed by atoms with E-state index in [1.165, 1.54) is 0 Å². The average molecular weight is 415 g/mol. The summed E-state index contributed by atoms with van der Waals surface area (Å²) < 4.78 is 27.1. The molecule has 0 saturated heterocycles. The van der Waals surface area contributed by atoms with Gasteiger partial charge in [0, 0.05) is 6.07 Å². The number of amides is 2. The van der Waals surface area contributed by atoms with Crippen LogP contribution < -0.4 is 10.6 Å². The quantitative estimate of drug-likeness (QED) is 0.588. The van der Waals surface area contributed by atoms with E-state index in [4.69, 9.17) is 11.6 Å². The molecule has 0 aliphatic rings. The van der Waals surface area contributed by atoms with Crippen LogP contribution in [0.1, 0.15) is 28.4 Å². The zero-order valence-corrected chi connectivity index (χ0v) is 15.9. The van der Waals surface area contributed by atoms with E-state index in [0.29, 0.717) is 5.56 Å². The summed E-state index contributed by atoms with van der Waals surface area (Å²) in [5.74, 6) is -2.46. The molecular weight excluding hydrogens is 398 g/mol. The zero-order chi connectivity index (χ0) is 20.8.